The molecule has 4 nitrogen and oxygen atoms in total. The average Bonchev–Trinajstić information content (AvgIpc) is 1.65. The Kier molecular flexibility index (Phi) is 2.15. The van der Waals surface area contributed by atoms with Crippen LogP contribution in [-0.4, -0.2) is 20.4 Å². The van der Waals surface area contributed by atoms with Gasteiger partial charge in [-0.05, 0) is 0 Å². The van der Waals surface area contributed by atoms with Crippen LogP contribution >= 0.6 is 0 Å². The molecule has 4 heteroatoms. The molecule has 0 heterocycles. The fourth-order valence-corrected chi connectivity index (χ4v) is 0.117. The van der Waals surface area contributed by atoms with Crippen molar-refractivity contribution in [2.24, 2.45) is 0 Å². The lowest BCUT2D eigenvalue weighted by Crippen LogP contribution is -2.28. The molecule has 0 fully saturated rings. The van der Waals surface area contributed by atoms with Crippen molar-refractivity contribution in [2.45, 2.75) is 0 Å². The van der Waals surface area contributed by atoms with Gasteiger partial charge in [0.25, 0.3) is 0 Å². The molecule has 0 saturated carbocycles. The van der Waals surface area contributed by atoms with E-state index in [0.29, 0.717) is 0 Å². The summed E-state index contributed by atoms with van der Waals surface area (Å²) in [4.78, 5) is 9.87. The number of methoxy groups -OCH3 is 1. The molecule has 0 spiro atoms. The van der Waals surface area contributed by atoms with Crippen LogP contribution in [0.25, 0.3) is 0 Å². The highest BCUT2D eigenvalue weighted by Gasteiger charge is 2.08. The zero-order chi connectivity index (χ0) is 5.86. The van der Waals surface area contributed by atoms with E-state index in [1.54, 1.807) is 0 Å². The Balaban J connectivity index is 3.35. The summed E-state index contributed by atoms with van der Waals surface area (Å²) < 4.78 is 4.74. The Labute approximate surface area is 40.9 Å². The average molecular weight is 106 g/mol. The van der Waals surface area contributed by atoms with E-state index in [2.05, 4.69) is 4.74 Å². The second-order valence-corrected chi connectivity index (χ2v) is 0.908. The summed E-state index contributed by atoms with van der Waals surface area (Å²) in [6.07, 6.45) is -0.958. The maximum atomic E-state index is 9.87. The molecule has 0 unspecified atom stereocenters. The quantitative estimate of drug-likeness (QED) is 0.176. The van der Waals surface area contributed by atoms with E-state index in [-0.39, 0.29) is 0 Å². The highest BCUT2D eigenvalue weighted by atomic mass is 17.2. The van der Waals surface area contributed by atoms with Gasteiger partial charge in [-0.15, -0.1) is 0 Å². The van der Waals surface area contributed by atoms with Crippen molar-refractivity contribution in [1.82, 2.24) is 0 Å². The van der Waals surface area contributed by atoms with Gasteiger partial charge in [0.1, 0.15) is 7.11 Å². The fraction of sp³-hybridized carbons (Fsp3) is 0.667. The lowest BCUT2D eigenvalue weighted by atomic mass is 11.3. The lowest BCUT2D eigenvalue weighted by molar-refractivity contribution is -0.749. The van der Waals surface area contributed by atoms with Crippen LogP contribution in [0, 0.1) is 0 Å². The number of carbonyl (C=O) groups is 1. The summed E-state index contributed by atoms with van der Waals surface area (Å²) in [5.74, 6) is 0. The largest absolute Gasteiger partial charge is 0.726 e. The molecule has 7 heavy (non-hydrogen) atoms. The minimum atomic E-state index is -0.958. The summed E-state index contributed by atoms with van der Waals surface area (Å²) >= 11 is 0. The van der Waals surface area contributed by atoms with Gasteiger partial charge in [0.15, 0.2) is 0 Å². The number of ether oxygens (including phenoxy) is 1. The second-order valence-electron chi connectivity index (χ2n) is 0.908. The van der Waals surface area contributed by atoms with Crippen LogP contribution in [-0.2, 0) is 9.25 Å². The molecule has 0 radical (unpaired) electrons. The van der Waals surface area contributed by atoms with E-state index in [4.69, 9.17) is 0 Å². The SMILES string of the molecule is COC(=O)[O+](C)[O-]. The third-order valence-corrected chi connectivity index (χ3v) is 0.401. The number of rotatable bonds is 0. The standard InChI is InChI=1S/C3H6O4/c1-6-3(4)7(2)5/h1-2H3. The number of hydrogen-bond donors (Lipinski definition) is 0. The van der Waals surface area contributed by atoms with Gasteiger partial charge in [0.05, 0.1) is 7.11 Å². The van der Waals surface area contributed by atoms with Crippen LogP contribution in [0.5, 0.6) is 0 Å². The first-order valence-electron chi connectivity index (χ1n) is 1.60. The van der Waals surface area contributed by atoms with E-state index >= 15 is 0 Å². The molecular formula is C3H6O4. The van der Waals surface area contributed by atoms with Crippen molar-refractivity contribution in [3.05, 3.63) is 0 Å². The summed E-state index contributed by atoms with van der Waals surface area (Å²) in [5, 5.41) is 9.73. The summed E-state index contributed by atoms with van der Waals surface area (Å²) in [6.45, 7) is 0. The van der Waals surface area contributed by atoms with E-state index < -0.39 is 6.16 Å². The van der Waals surface area contributed by atoms with Gasteiger partial charge in [-0.3, -0.25) is 0 Å². The Bertz CT molecular complexity index is 67.3. The van der Waals surface area contributed by atoms with Gasteiger partial charge in [0, 0.05) is 4.79 Å². The Morgan fingerprint density at radius 1 is 1.86 bits per heavy atom. The first kappa shape index (κ1) is 6.23. The van der Waals surface area contributed by atoms with Crippen LogP contribution < -0.4 is 5.26 Å². The first-order chi connectivity index (χ1) is 3.18. The molecule has 42 valence electrons. The monoisotopic (exact) mass is 106 g/mol. The number of hydrogen-bond acceptors (Lipinski definition) is 3. The predicted octanol–water partition coefficient (Wildman–Crippen LogP) is -0.790. The van der Waals surface area contributed by atoms with Gasteiger partial charge in [-0.25, -0.2) is 0 Å². The minimum Gasteiger partial charge on any atom is -0.627 e. The van der Waals surface area contributed by atoms with Gasteiger partial charge in [-0.1, -0.05) is 0 Å². The maximum absolute atomic E-state index is 9.87. The second kappa shape index (κ2) is 2.41. The van der Waals surface area contributed by atoms with Crippen molar-refractivity contribution in [1.29, 1.82) is 0 Å². The van der Waals surface area contributed by atoms with Gasteiger partial charge >= 0.3 is 6.16 Å². The molecule has 0 atom stereocenters. The Morgan fingerprint density at radius 3 is 2.29 bits per heavy atom. The van der Waals surface area contributed by atoms with E-state index in [0.717, 1.165) is 18.7 Å². The lowest BCUT2D eigenvalue weighted by Gasteiger charge is -2.16. The molecule has 0 rings (SSSR count). The van der Waals surface area contributed by atoms with E-state index in [1.807, 2.05) is 0 Å². The normalized spacial score (nSPS) is 7.86. The van der Waals surface area contributed by atoms with Crippen LogP contribution in [0.1, 0.15) is 0 Å². The molecule has 0 N–H and O–H groups in total. The van der Waals surface area contributed by atoms with Crippen LogP contribution in [0.4, 0.5) is 4.79 Å². The third-order valence-electron chi connectivity index (χ3n) is 0.401. The topological polar surface area (TPSA) is 52.1 Å². The zero-order valence-electron chi connectivity index (χ0n) is 4.13. The fourth-order valence-electron chi connectivity index (χ4n) is 0.117. The molecule has 0 amide bonds. The van der Waals surface area contributed by atoms with Crippen molar-refractivity contribution in [3.8, 4) is 0 Å². The van der Waals surface area contributed by atoms with Crippen molar-refractivity contribution in [2.75, 3.05) is 14.2 Å². The molecular weight excluding hydrogens is 100 g/mol. The third kappa shape index (κ3) is 1.99. The summed E-state index contributed by atoms with van der Waals surface area (Å²) in [6, 6.07) is 0. The van der Waals surface area contributed by atoms with Crippen LogP contribution in [0.2, 0.25) is 0 Å². The highest BCUT2D eigenvalue weighted by molar-refractivity contribution is 5.60. The Hall–Kier alpha value is -0.770. The maximum Gasteiger partial charge on any atom is 0.726 e. The number of carbonyl (C=O) groups excluding carboxylic acids is 1. The van der Waals surface area contributed by atoms with E-state index in [1.165, 1.54) is 0 Å². The summed E-state index contributed by atoms with van der Waals surface area (Å²) in [5.41, 5.74) is 0. The van der Waals surface area contributed by atoms with Gasteiger partial charge < -0.3 is 14.5 Å². The predicted molar refractivity (Wildman–Crippen MR) is 19.4 cm³/mol. The molecule has 0 bridgehead atoms. The molecule has 0 saturated heterocycles. The smallest absolute Gasteiger partial charge is 0.627 e. The molecule has 0 aliphatic carbocycles. The highest BCUT2D eigenvalue weighted by Crippen LogP contribution is 1.80. The van der Waals surface area contributed by atoms with E-state index in [9.17, 15) is 10.1 Å². The molecule has 0 aromatic rings. The van der Waals surface area contributed by atoms with Gasteiger partial charge in [-0.2, -0.15) is 0 Å². The molecule has 0 aromatic heterocycles. The Morgan fingerprint density at radius 2 is 2.29 bits per heavy atom. The molecule has 0 aliphatic rings. The molecule has 0 aromatic carbocycles. The van der Waals surface area contributed by atoms with Crippen LogP contribution in [0.3, 0.4) is 0 Å². The molecule has 0 aliphatic heterocycles. The zero-order valence-corrected chi connectivity index (χ0v) is 4.13. The van der Waals surface area contributed by atoms with Crippen molar-refractivity contribution >= 4 is 6.16 Å². The van der Waals surface area contributed by atoms with Crippen molar-refractivity contribution in [3.63, 3.8) is 0 Å². The first-order valence-corrected chi connectivity index (χ1v) is 1.60. The van der Waals surface area contributed by atoms with Crippen LogP contribution in [0.15, 0.2) is 0 Å². The summed E-state index contributed by atoms with van der Waals surface area (Å²) in [7, 11) is 2.12. The minimum absolute atomic E-state index is 0.789. The van der Waals surface area contributed by atoms with Gasteiger partial charge in [0.2, 0.25) is 0 Å². The van der Waals surface area contributed by atoms with Crippen molar-refractivity contribution < 1.29 is 19.3 Å².